The van der Waals surface area contributed by atoms with Crippen molar-refractivity contribution in [2.45, 2.75) is 31.7 Å². The van der Waals surface area contributed by atoms with Crippen molar-refractivity contribution in [2.24, 2.45) is 13.0 Å². The van der Waals surface area contributed by atoms with E-state index in [4.69, 9.17) is 0 Å². The van der Waals surface area contributed by atoms with Crippen LogP contribution in [0.3, 0.4) is 0 Å². The quantitative estimate of drug-likeness (QED) is 0.609. The number of tetrazole rings is 1. The number of hydrogen-bond donors (Lipinski definition) is 1. The van der Waals surface area contributed by atoms with Crippen LogP contribution in [0.5, 0.6) is 0 Å². The molecule has 2 fully saturated rings. The Morgan fingerprint density at radius 1 is 1.06 bits per heavy atom. The van der Waals surface area contributed by atoms with Gasteiger partial charge >= 0.3 is 0 Å². The maximum absolute atomic E-state index is 12.9. The first-order chi connectivity index (χ1) is 15.1. The van der Waals surface area contributed by atoms with Gasteiger partial charge in [0.2, 0.25) is 5.91 Å². The van der Waals surface area contributed by atoms with E-state index in [1.54, 1.807) is 9.58 Å². The fourth-order valence-electron chi connectivity index (χ4n) is 4.25. The summed E-state index contributed by atoms with van der Waals surface area (Å²) in [4.78, 5) is 29.6. The summed E-state index contributed by atoms with van der Waals surface area (Å²) in [6, 6.07) is 5.03. The monoisotopic (exact) mass is 424 g/mol. The summed E-state index contributed by atoms with van der Waals surface area (Å²) in [7, 11) is 1.82. The number of anilines is 2. The van der Waals surface area contributed by atoms with Gasteiger partial charge in [-0.25, -0.2) is 0 Å². The summed E-state index contributed by atoms with van der Waals surface area (Å²) >= 11 is 0. The Morgan fingerprint density at radius 3 is 2.68 bits per heavy atom. The molecular formula is C19H24N10O2. The third kappa shape index (κ3) is 3.80. The summed E-state index contributed by atoms with van der Waals surface area (Å²) in [5, 5.41) is 23.0. The van der Waals surface area contributed by atoms with Crippen LogP contribution in [0.25, 0.3) is 5.65 Å². The largest absolute Gasteiger partial charge is 0.355 e. The second-order valence-electron chi connectivity index (χ2n) is 8.02. The van der Waals surface area contributed by atoms with Gasteiger partial charge in [-0.1, -0.05) is 0 Å². The Balaban J connectivity index is 1.18. The molecule has 3 aromatic rings. The molecule has 1 atom stereocenters. The van der Waals surface area contributed by atoms with Gasteiger partial charge in [-0.05, 0) is 48.2 Å². The van der Waals surface area contributed by atoms with Crippen LogP contribution < -0.4 is 15.1 Å². The number of aryl methyl sites for hydroxylation is 1. The second kappa shape index (κ2) is 7.93. The molecule has 3 aromatic heterocycles. The van der Waals surface area contributed by atoms with E-state index in [1.807, 2.05) is 31.4 Å². The molecule has 2 saturated heterocycles. The summed E-state index contributed by atoms with van der Waals surface area (Å²) < 4.78 is 3.07. The van der Waals surface area contributed by atoms with E-state index in [-0.39, 0.29) is 17.7 Å². The standard InChI is InChI=1S/C19H24N10O2/c1-26-10-8-17(22-26)28-9-2-3-14(19(28)31)20-18(30)13-6-11-27(12-7-13)16-5-4-15-21-24-25-29(15)23-16/h4-5,8,10,13-14H,2-3,6-7,9,11-12H2,1H3,(H,20,30). The van der Waals surface area contributed by atoms with E-state index < -0.39 is 6.04 Å². The minimum atomic E-state index is -0.495. The zero-order valence-corrected chi connectivity index (χ0v) is 17.3. The van der Waals surface area contributed by atoms with Gasteiger partial charge in [-0.2, -0.15) is 5.10 Å². The number of rotatable bonds is 4. The molecule has 31 heavy (non-hydrogen) atoms. The highest BCUT2D eigenvalue weighted by atomic mass is 16.2. The molecule has 5 rings (SSSR count). The van der Waals surface area contributed by atoms with Crippen molar-refractivity contribution >= 4 is 29.1 Å². The molecular weight excluding hydrogens is 400 g/mol. The fourth-order valence-corrected chi connectivity index (χ4v) is 4.25. The second-order valence-corrected chi connectivity index (χ2v) is 8.02. The predicted octanol–water partition coefficient (Wildman–Crippen LogP) is -0.219. The van der Waals surface area contributed by atoms with E-state index in [0.717, 1.165) is 12.2 Å². The van der Waals surface area contributed by atoms with Crippen molar-refractivity contribution in [3.8, 4) is 0 Å². The normalized spacial score (nSPS) is 20.4. The SMILES string of the molecule is Cn1ccc(N2CCCC(NC(=O)C3CCN(c4ccc5nnnn5n4)CC3)C2=O)n1. The third-order valence-electron chi connectivity index (χ3n) is 5.98. The van der Waals surface area contributed by atoms with Gasteiger partial charge in [0.05, 0.1) is 0 Å². The highest BCUT2D eigenvalue weighted by molar-refractivity contribution is 5.99. The summed E-state index contributed by atoms with van der Waals surface area (Å²) in [6.07, 6.45) is 4.70. The van der Waals surface area contributed by atoms with Crippen LogP contribution in [-0.4, -0.2) is 72.5 Å². The molecule has 2 aliphatic rings. The molecule has 162 valence electrons. The molecule has 0 aromatic carbocycles. The molecule has 12 heteroatoms. The van der Waals surface area contributed by atoms with Gasteiger partial charge in [0.25, 0.3) is 5.91 Å². The lowest BCUT2D eigenvalue weighted by molar-refractivity contribution is -0.131. The van der Waals surface area contributed by atoms with E-state index in [0.29, 0.717) is 50.4 Å². The van der Waals surface area contributed by atoms with Gasteiger partial charge in [-0.15, -0.1) is 14.8 Å². The number of nitrogens with one attached hydrogen (secondary N) is 1. The minimum absolute atomic E-state index is 0.0511. The van der Waals surface area contributed by atoms with Crippen LogP contribution in [0.15, 0.2) is 24.4 Å². The summed E-state index contributed by atoms with van der Waals surface area (Å²) in [5.74, 6) is 1.16. The van der Waals surface area contributed by atoms with Crippen LogP contribution in [-0.2, 0) is 16.6 Å². The van der Waals surface area contributed by atoms with Gasteiger partial charge in [-0.3, -0.25) is 19.2 Å². The molecule has 0 radical (unpaired) electrons. The molecule has 5 heterocycles. The van der Waals surface area contributed by atoms with Crippen molar-refractivity contribution in [3.05, 3.63) is 24.4 Å². The lowest BCUT2D eigenvalue weighted by Gasteiger charge is -2.34. The van der Waals surface area contributed by atoms with Crippen molar-refractivity contribution in [1.82, 2.24) is 40.4 Å². The van der Waals surface area contributed by atoms with E-state index in [2.05, 4.69) is 35.9 Å². The Kier molecular flexibility index (Phi) is 4.96. The van der Waals surface area contributed by atoms with Crippen molar-refractivity contribution in [1.29, 1.82) is 0 Å². The zero-order valence-electron chi connectivity index (χ0n) is 17.3. The van der Waals surface area contributed by atoms with Crippen LogP contribution in [0.1, 0.15) is 25.7 Å². The van der Waals surface area contributed by atoms with Crippen LogP contribution in [0, 0.1) is 5.92 Å². The van der Waals surface area contributed by atoms with Gasteiger partial charge < -0.3 is 10.2 Å². The van der Waals surface area contributed by atoms with Crippen LogP contribution in [0.2, 0.25) is 0 Å². The average molecular weight is 424 g/mol. The fraction of sp³-hybridized carbons (Fsp3) is 0.526. The van der Waals surface area contributed by atoms with Crippen LogP contribution >= 0.6 is 0 Å². The Hall–Kier alpha value is -3.57. The number of amides is 2. The highest BCUT2D eigenvalue weighted by Crippen LogP contribution is 2.24. The molecule has 1 N–H and O–H groups in total. The lowest BCUT2D eigenvalue weighted by Crippen LogP contribution is -2.54. The number of piperidine rings is 2. The van der Waals surface area contributed by atoms with Crippen molar-refractivity contribution < 1.29 is 9.59 Å². The minimum Gasteiger partial charge on any atom is -0.355 e. The predicted molar refractivity (Wildman–Crippen MR) is 110 cm³/mol. The first kappa shape index (κ1) is 19.4. The average Bonchev–Trinajstić information content (AvgIpc) is 3.43. The van der Waals surface area contributed by atoms with Gasteiger partial charge in [0.15, 0.2) is 17.3 Å². The Bertz CT molecular complexity index is 1100. The number of carbonyl (C=O) groups is 2. The molecule has 12 nitrogen and oxygen atoms in total. The van der Waals surface area contributed by atoms with Gasteiger partial charge in [0.1, 0.15) is 6.04 Å². The van der Waals surface area contributed by atoms with Crippen molar-refractivity contribution in [2.75, 3.05) is 29.4 Å². The summed E-state index contributed by atoms with van der Waals surface area (Å²) in [5.41, 5.74) is 0.593. The first-order valence-electron chi connectivity index (χ1n) is 10.5. The topological polar surface area (TPSA) is 126 Å². The molecule has 0 saturated carbocycles. The molecule has 2 amide bonds. The number of carbonyl (C=O) groups excluding carboxylic acids is 2. The Labute approximate surface area is 178 Å². The lowest BCUT2D eigenvalue weighted by atomic mass is 9.94. The number of aromatic nitrogens is 7. The van der Waals surface area contributed by atoms with Gasteiger partial charge in [0, 0.05) is 44.9 Å². The third-order valence-corrected chi connectivity index (χ3v) is 5.98. The maximum atomic E-state index is 12.9. The number of nitrogens with zero attached hydrogens (tertiary/aromatic N) is 9. The smallest absolute Gasteiger partial charge is 0.250 e. The van der Waals surface area contributed by atoms with Crippen molar-refractivity contribution in [3.63, 3.8) is 0 Å². The number of fused-ring (bicyclic) bond motifs is 1. The Morgan fingerprint density at radius 2 is 1.90 bits per heavy atom. The molecule has 0 bridgehead atoms. The molecule has 0 aliphatic carbocycles. The highest BCUT2D eigenvalue weighted by Gasteiger charge is 2.34. The van der Waals surface area contributed by atoms with E-state index in [1.165, 1.54) is 4.63 Å². The van der Waals surface area contributed by atoms with E-state index in [9.17, 15) is 9.59 Å². The van der Waals surface area contributed by atoms with Crippen LogP contribution in [0.4, 0.5) is 11.6 Å². The first-order valence-corrected chi connectivity index (χ1v) is 10.5. The maximum Gasteiger partial charge on any atom is 0.250 e. The molecule has 2 aliphatic heterocycles. The number of hydrogen-bond acceptors (Lipinski definition) is 8. The molecule has 0 spiro atoms. The van der Waals surface area contributed by atoms with E-state index >= 15 is 0 Å². The molecule has 1 unspecified atom stereocenters. The zero-order chi connectivity index (χ0) is 21.4. The summed E-state index contributed by atoms with van der Waals surface area (Å²) in [6.45, 7) is 2.04.